The van der Waals surface area contributed by atoms with Crippen LogP contribution in [-0.4, -0.2) is 56.6 Å². The highest BCUT2D eigenvalue weighted by atomic mass is 32.1. The van der Waals surface area contributed by atoms with Crippen LogP contribution in [0.5, 0.6) is 0 Å². The Labute approximate surface area is 155 Å². The van der Waals surface area contributed by atoms with Gasteiger partial charge in [0, 0.05) is 37.0 Å². The number of aromatic amines is 1. The molecule has 0 spiro atoms. The van der Waals surface area contributed by atoms with Crippen molar-refractivity contribution in [3.8, 4) is 10.6 Å². The van der Waals surface area contributed by atoms with Crippen LogP contribution in [0.2, 0.25) is 0 Å². The molecular weight excluding hydrogens is 350 g/mol. The van der Waals surface area contributed by atoms with E-state index >= 15 is 0 Å². The van der Waals surface area contributed by atoms with Crippen LogP contribution in [0.25, 0.3) is 10.6 Å². The molecule has 3 aromatic rings. The van der Waals surface area contributed by atoms with Gasteiger partial charge >= 0.3 is 0 Å². The lowest BCUT2D eigenvalue weighted by Gasteiger charge is -2.23. The number of aromatic nitrogens is 4. The fourth-order valence-corrected chi connectivity index (χ4v) is 3.94. The van der Waals surface area contributed by atoms with Gasteiger partial charge in [-0.3, -0.25) is 14.6 Å². The van der Waals surface area contributed by atoms with Gasteiger partial charge < -0.3 is 9.64 Å². The van der Waals surface area contributed by atoms with Crippen LogP contribution >= 0.6 is 11.3 Å². The first kappa shape index (κ1) is 17.0. The van der Waals surface area contributed by atoms with E-state index in [1.807, 2.05) is 34.0 Å². The fraction of sp³-hybridized carbons (Fsp3) is 0.389. The zero-order chi connectivity index (χ0) is 17.9. The Kier molecular flexibility index (Phi) is 4.85. The molecule has 26 heavy (non-hydrogen) atoms. The average molecular weight is 371 g/mol. The number of H-pyrrole nitrogens is 1. The number of hydrogen-bond acceptors (Lipinski definition) is 5. The number of thiophene rings is 1. The average Bonchev–Trinajstić information content (AvgIpc) is 3.35. The number of rotatable bonds is 4. The van der Waals surface area contributed by atoms with Gasteiger partial charge in [-0.05, 0) is 37.6 Å². The largest absolute Gasteiger partial charge is 0.374 e. The maximum atomic E-state index is 12.9. The molecule has 1 N–H and O–H groups in total. The van der Waals surface area contributed by atoms with Gasteiger partial charge in [0.1, 0.15) is 0 Å². The van der Waals surface area contributed by atoms with E-state index in [9.17, 15) is 4.79 Å². The topological polar surface area (TPSA) is 76.0 Å². The second-order valence-corrected chi connectivity index (χ2v) is 7.69. The van der Waals surface area contributed by atoms with Crippen molar-refractivity contribution in [2.75, 3.05) is 19.7 Å². The molecule has 7 nitrogen and oxygen atoms in total. The van der Waals surface area contributed by atoms with Crippen molar-refractivity contribution in [1.82, 2.24) is 24.9 Å². The zero-order valence-electron chi connectivity index (χ0n) is 14.6. The molecule has 0 radical (unpaired) electrons. The van der Waals surface area contributed by atoms with Crippen molar-refractivity contribution in [3.63, 3.8) is 0 Å². The van der Waals surface area contributed by atoms with E-state index in [2.05, 4.69) is 28.3 Å². The first-order valence-electron chi connectivity index (χ1n) is 8.69. The number of hydrogen-bond donors (Lipinski definition) is 1. The number of aryl methyl sites for hydroxylation is 1. The van der Waals surface area contributed by atoms with Gasteiger partial charge in [0.05, 0.1) is 23.2 Å². The lowest BCUT2D eigenvalue weighted by atomic mass is 10.2. The van der Waals surface area contributed by atoms with E-state index in [1.54, 1.807) is 17.5 Å². The van der Waals surface area contributed by atoms with E-state index in [1.165, 1.54) is 4.88 Å². The maximum Gasteiger partial charge on any atom is 0.274 e. The number of nitrogens with one attached hydrogen (secondary N) is 1. The van der Waals surface area contributed by atoms with Gasteiger partial charge in [-0.2, -0.15) is 10.2 Å². The molecule has 1 fully saturated rings. The molecule has 4 rings (SSSR count). The molecule has 0 unspecified atom stereocenters. The molecule has 1 atom stereocenters. The number of amides is 1. The fourth-order valence-electron chi connectivity index (χ4n) is 3.11. The monoisotopic (exact) mass is 371 g/mol. The molecule has 4 heterocycles. The normalized spacial score (nSPS) is 18.0. The molecule has 0 saturated carbocycles. The third-order valence-electron chi connectivity index (χ3n) is 4.39. The molecule has 3 aromatic heterocycles. The predicted molar refractivity (Wildman–Crippen MR) is 99.1 cm³/mol. The molecule has 1 saturated heterocycles. The highest BCUT2D eigenvalue weighted by Gasteiger charge is 2.25. The smallest absolute Gasteiger partial charge is 0.274 e. The molecule has 1 amide bonds. The van der Waals surface area contributed by atoms with E-state index in [0.29, 0.717) is 31.9 Å². The summed E-state index contributed by atoms with van der Waals surface area (Å²) in [6.07, 6.45) is 4.41. The quantitative estimate of drug-likeness (QED) is 0.765. The summed E-state index contributed by atoms with van der Waals surface area (Å²) in [5.41, 5.74) is 1.33. The van der Waals surface area contributed by atoms with Crippen molar-refractivity contribution in [3.05, 3.63) is 47.2 Å². The summed E-state index contributed by atoms with van der Waals surface area (Å²) < 4.78 is 7.73. The minimum atomic E-state index is -0.0697. The van der Waals surface area contributed by atoms with Gasteiger partial charge in [0.25, 0.3) is 5.91 Å². The van der Waals surface area contributed by atoms with Crippen LogP contribution in [0.15, 0.2) is 36.7 Å². The number of nitrogens with zero attached hydrogens (tertiary/aromatic N) is 4. The summed E-state index contributed by atoms with van der Waals surface area (Å²) in [4.78, 5) is 17.1. The Bertz CT molecular complexity index is 870. The van der Waals surface area contributed by atoms with Crippen LogP contribution in [0.1, 0.15) is 21.8 Å². The molecule has 1 aliphatic rings. The molecule has 0 aromatic carbocycles. The van der Waals surface area contributed by atoms with Crippen LogP contribution < -0.4 is 0 Å². The molecule has 136 valence electrons. The Morgan fingerprint density at radius 1 is 1.46 bits per heavy atom. The second-order valence-electron chi connectivity index (χ2n) is 6.40. The van der Waals surface area contributed by atoms with Crippen molar-refractivity contribution in [1.29, 1.82) is 0 Å². The maximum absolute atomic E-state index is 12.9. The van der Waals surface area contributed by atoms with Gasteiger partial charge in [-0.25, -0.2) is 0 Å². The van der Waals surface area contributed by atoms with Crippen molar-refractivity contribution in [2.24, 2.45) is 0 Å². The molecule has 0 bridgehead atoms. The third-order valence-corrected chi connectivity index (χ3v) is 5.42. The molecule has 1 aliphatic heterocycles. The van der Waals surface area contributed by atoms with Gasteiger partial charge in [-0.1, -0.05) is 0 Å². The summed E-state index contributed by atoms with van der Waals surface area (Å²) in [7, 11) is 0. The molecule has 0 aliphatic carbocycles. The minimum absolute atomic E-state index is 0.0586. The Balaban J connectivity index is 1.47. The van der Waals surface area contributed by atoms with E-state index < -0.39 is 0 Å². The highest BCUT2D eigenvalue weighted by molar-refractivity contribution is 7.15. The summed E-state index contributed by atoms with van der Waals surface area (Å²) in [6, 6.07) is 7.83. The van der Waals surface area contributed by atoms with E-state index in [4.69, 9.17) is 4.74 Å². The van der Waals surface area contributed by atoms with Crippen LogP contribution in [0.4, 0.5) is 0 Å². The SMILES string of the molecule is Cc1ccc(-c2cc(C(=O)N3CCCO[C@@H](Cn4cccn4)C3)n[nH]2)s1. The molecular formula is C18H21N5O2S. The Morgan fingerprint density at radius 2 is 2.38 bits per heavy atom. The summed E-state index contributed by atoms with van der Waals surface area (Å²) in [5, 5.41) is 11.5. The van der Waals surface area contributed by atoms with Crippen LogP contribution in [0, 0.1) is 6.92 Å². The standard InChI is InChI=1S/C18H21N5O2S/c1-13-4-5-17(26-13)15-10-16(21-20-15)18(24)22-7-3-9-25-14(11-22)12-23-8-2-6-19-23/h2,4-6,8,10,14H,3,7,9,11-12H2,1H3,(H,20,21)/t14-/m1/s1. The van der Waals surface area contributed by atoms with E-state index in [0.717, 1.165) is 17.0 Å². The Morgan fingerprint density at radius 3 is 3.15 bits per heavy atom. The van der Waals surface area contributed by atoms with Crippen molar-refractivity contribution >= 4 is 17.2 Å². The van der Waals surface area contributed by atoms with Crippen LogP contribution in [-0.2, 0) is 11.3 Å². The van der Waals surface area contributed by atoms with Gasteiger partial charge in [0.15, 0.2) is 5.69 Å². The summed E-state index contributed by atoms with van der Waals surface area (Å²) >= 11 is 1.68. The van der Waals surface area contributed by atoms with E-state index in [-0.39, 0.29) is 12.0 Å². The van der Waals surface area contributed by atoms with Crippen molar-refractivity contribution < 1.29 is 9.53 Å². The van der Waals surface area contributed by atoms with Crippen molar-refractivity contribution in [2.45, 2.75) is 26.0 Å². The summed E-state index contributed by atoms with van der Waals surface area (Å²) in [6.45, 7) is 4.56. The second kappa shape index (κ2) is 7.43. The zero-order valence-corrected chi connectivity index (χ0v) is 15.4. The summed E-state index contributed by atoms with van der Waals surface area (Å²) in [5.74, 6) is -0.0586. The third kappa shape index (κ3) is 3.71. The number of carbonyl (C=O) groups excluding carboxylic acids is 1. The highest BCUT2D eigenvalue weighted by Crippen LogP contribution is 2.26. The van der Waals surface area contributed by atoms with Gasteiger partial charge in [-0.15, -0.1) is 11.3 Å². The first-order valence-corrected chi connectivity index (χ1v) is 9.51. The predicted octanol–water partition coefficient (Wildman–Crippen LogP) is 2.57. The molecule has 8 heteroatoms. The first-order chi connectivity index (χ1) is 12.7. The number of ether oxygens (including phenoxy) is 1. The van der Waals surface area contributed by atoms with Crippen LogP contribution in [0.3, 0.4) is 0 Å². The lowest BCUT2D eigenvalue weighted by Crippen LogP contribution is -2.38. The Hall–Kier alpha value is -2.45. The number of carbonyl (C=O) groups is 1. The lowest BCUT2D eigenvalue weighted by molar-refractivity contribution is 0.0365. The van der Waals surface area contributed by atoms with Gasteiger partial charge in [0.2, 0.25) is 0 Å². The minimum Gasteiger partial charge on any atom is -0.374 e.